The predicted octanol–water partition coefficient (Wildman–Crippen LogP) is 0.769. The number of amides is 1. The van der Waals surface area contributed by atoms with E-state index in [2.05, 4.69) is 24.1 Å². The third-order valence-electron chi connectivity index (χ3n) is 2.21. The van der Waals surface area contributed by atoms with E-state index in [0.717, 1.165) is 5.82 Å². The van der Waals surface area contributed by atoms with Gasteiger partial charge in [-0.2, -0.15) is 0 Å². The van der Waals surface area contributed by atoms with E-state index in [1.165, 1.54) is 0 Å². The predicted molar refractivity (Wildman–Crippen MR) is 61.2 cm³/mol. The summed E-state index contributed by atoms with van der Waals surface area (Å²) < 4.78 is 6.72. The molecule has 1 aromatic rings. The first-order valence-corrected chi connectivity index (χ1v) is 5.41. The Hall–Kier alpha value is -1.36. The third-order valence-corrected chi connectivity index (χ3v) is 2.21. The molecule has 0 fully saturated rings. The van der Waals surface area contributed by atoms with Crippen LogP contribution in [0.2, 0.25) is 0 Å². The van der Waals surface area contributed by atoms with E-state index in [1.54, 1.807) is 13.3 Å². The molecule has 0 aliphatic heterocycles. The van der Waals surface area contributed by atoms with E-state index in [1.807, 2.05) is 10.8 Å². The van der Waals surface area contributed by atoms with Crippen molar-refractivity contribution in [1.82, 2.24) is 14.9 Å². The van der Waals surface area contributed by atoms with Gasteiger partial charge in [0.1, 0.15) is 12.4 Å². The molecule has 1 heterocycles. The molecule has 0 spiro atoms. The highest BCUT2D eigenvalue weighted by molar-refractivity contribution is 5.75. The molecule has 1 aromatic heterocycles. The molecule has 1 rings (SSSR count). The molecule has 0 saturated heterocycles. The number of ether oxygens (including phenoxy) is 1. The zero-order valence-electron chi connectivity index (χ0n) is 10.1. The highest BCUT2D eigenvalue weighted by Gasteiger charge is 2.09. The lowest BCUT2D eigenvalue weighted by Crippen LogP contribution is -2.30. The number of imidazole rings is 1. The van der Waals surface area contributed by atoms with E-state index in [-0.39, 0.29) is 5.91 Å². The van der Waals surface area contributed by atoms with Gasteiger partial charge in [0.2, 0.25) is 5.91 Å². The summed E-state index contributed by atoms with van der Waals surface area (Å²) in [6.45, 7) is 5.51. The smallest absolute Gasteiger partial charge is 0.240 e. The first-order chi connectivity index (χ1) is 7.65. The number of nitrogens with one attached hydrogen (secondary N) is 1. The Balaban J connectivity index is 2.46. The molecule has 1 amide bonds. The van der Waals surface area contributed by atoms with Crippen LogP contribution >= 0.6 is 0 Å². The molecular formula is C11H19N3O2. The number of carbonyl (C=O) groups excluding carboxylic acids is 1. The lowest BCUT2D eigenvalue weighted by atomic mass is 10.2. The van der Waals surface area contributed by atoms with Crippen molar-refractivity contribution in [1.29, 1.82) is 0 Å². The molecule has 1 N–H and O–H groups in total. The second-order valence-electron chi connectivity index (χ2n) is 3.91. The standard InChI is InChI=1S/C11H19N3O2/c1-9(2)11-13-4-6-14(11)8-10(15)12-5-7-16-3/h4,6,9H,5,7-8H2,1-3H3,(H,12,15). The lowest BCUT2D eigenvalue weighted by molar-refractivity contribution is -0.121. The van der Waals surface area contributed by atoms with Gasteiger partial charge in [0.25, 0.3) is 0 Å². The number of hydrogen-bond acceptors (Lipinski definition) is 3. The normalized spacial score (nSPS) is 10.8. The molecule has 0 unspecified atom stereocenters. The molecule has 0 radical (unpaired) electrons. The van der Waals surface area contributed by atoms with Crippen LogP contribution in [0.5, 0.6) is 0 Å². The zero-order chi connectivity index (χ0) is 12.0. The first-order valence-electron chi connectivity index (χ1n) is 5.41. The largest absolute Gasteiger partial charge is 0.383 e. The molecule has 0 saturated carbocycles. The summed E-state index contributed by atoms with van der Waals surface area (Å²) in [5.41, 5.74) is 0. The van der Waals surface area contributed by atoms with Gasteiger partial charge in [0.15, 0.2) is 0 Å². The summed E-state index contributed by atoms with van der Waals surface area (Å²) in [6.07, 6.45) is 3.54. The van der Waals surface area contributed by atoms with Gasteiger partial charge in [-0.3, -0.25) is 4.79 Å². The van der Waals surface area contributed by atoms with Crippen molar-refractivity contribution in [3.63, 3.8) is 0 Å². The van der Waals surface area contributed by atoms with E-state index in [0.29, 0.717) is 25.6 Å². The average Bonchev–Trinajstić information content (AvgIpc) is 2.66. The molecular weight excluding hydrogens is 206 g/mol. The minimum Gasteiger partial charge on any atom is -0.383 e. The van der Waals surface area contributed by atoms with Gasteiger partial charge in [-0.15, -0.1) is 0 Å². The van der Waals surface area contributed by atoms with Gasteiger partial charge in [-0.1, -0.05) is 13.8 Å². The van der Waals surface area contributed by atoms with E-state index in [4.69, 9.17) is 4.74 Å². The van der Waals surface area contributed by atoms with Crippen LogP contribution in [0.4, 0.5) is 0 Å². The van der Waals surface area contributed by atoms with Crippen molar-refractivity contribution in [2.24, 2.45) is 0 Å². The molecule has 0 bridgehead atoms. The Kier molecular flexibility index (Phi) is 4.98. The summed E-state index contributed by atoms with van der Waals surface area (Å²) in [6, 6.07) is 0. The summed E-state index contributed by atoms with van der Waals surface area (Å²) >= 11 is 0. The second kappa shape index (κ2) is 6.27. The molecule has 0 aliphatic carbocycles. The molecule has 0 aliphatic rings. The SMILES string of the molecule is COCCNC(=O)Cn1ccnc1C(C)C. The topological polar surface area (TPSA) is 56.1 Å². The van der Waals surface area contributed by atoms with Gasteiger partial charge in [-0.05, 0) is 0 Å². The van der Waals surface area contributed by atoms with E-state index in [9.17, 15) is 4.79 Å². The summed E-state index contributed by atoms with van der Waals surface area (Å²) in [4.78, 5) is 15.8. The van der Waals surface area contributed by atoms with Crippen molar-refractivity contribution >= 4 is 5.91 Å². The Morgan fingerprint density at radius 2 is 2.38 bits per heavy atom. The van der Waals surface area contributed by atoms with Crippen LogP contribution < -0.4 is 5.32 Å². The van der Waals surface area contributed by atoms with E-state index < -0.39 is 0 Å². The monoisotopic (exact) mass is 225 g/mol. The minimum absolute atomic E-state index is 0.0167. The number of methoxy groups -OCH3 is 1. The maximum absolute atomic E-state index is 11.5. The number of rotatable bonds is 6. The Morgan fingerprint density at radius 3 is 3.00 bits per heavy atom. The Morgan fingerprint density at radius 1 is 1.62 bits per heavy atom. The highest BCUT2D eigenvalue weighted by atomic mass is 16.5. The van der Waals surface area contributed by atoms with Crippen molar-refractivity contribution in [3.05, 3.63) is 18.2 Å². The van der Waals surface area contributed by atoms with E-state index >= 15 is 0 Å². The molecule has 16 heavy (non-hydrogen) atoms. The van der Waals surface area contributed by atoms with Gasteiger partial charge in [-0.25, -0.2) is 4.98 Å². The maximum Gasteiger partial charge on any atom is 0.240 e. The second-order valence-corrected chi connectivity index (χ2v) is 3.91. The number of nitrogens with zero attached hydrogens (tertiary/aromatic N) is 2. The molecule has 0 aromatic carbocycles. The first kappa shape index (κ1) is 12.7. The Labute approximate surface area is 95.8 Å². The van der Waals surface area contributed by atoms with Crippen molar-refractivity contribution in [3.8, 4) is 0 Å². The van der Waals surface area contributed by atoms with Crippen LogP contribution in [-0.4, -0.2) is 35.7 Å². The quantitative estimate of drug-likeness (QED) is 0.727. The fourth-order valence-corrected chi connectivity index (χ4v) is 1.46. The number of hydrogen-bond donors (Lipinski definition) is 1. The van der Waals surface area contributed by atoms with Crippen molar-refractivity contribution in [2.75, 3.05) is 20.3 Å². The van der Waals surface area contributed by atoms with Crippen molar-refractivity contribution < 1.29 is 9.53 Å². The maximum atomic E-state index is 11.5. The molecule has 0 atom stereocenters. The van der Waals surface area contributed by atoms with Gasteiger partial charge in [0.05, 0.1) is 6.61 Å². The van der Waals surface area contributed by atoms with Crippen LogP contribution in [0.25, 0.3) is 0 Å². The van der Waals surface area contributed by atoms with Gasteiger partial charge >= 0.3 is 0 Å². The summed E-state index contributed by atoms with van der Waals surface area (Å²) in [7, 11) is 1.61. The van der Waals surface area contributed by atoms with Crippen LogP contribution in [-0.2, 0) is 16.1 Å². The number of aromatic nitrogens is 2. The van der Waals surface area contributed by atoms with Crippen LogP contribution in [0.3, 0.4) is 0 Å². The molecule has 5 nitrogen and oxygen atoms in total. The van der Waals surface area contributed by atoms with Gasteiger partial charge < -0.3 is 14.6 Å². The van der Waals surface area contributed by atoms with Gasteiger partial charge in [0, 0.05) is 32.0 Å². The Bertz CT molecular complexity index is 334. The minimum atomic E-state index is -0.0167. The fourth-order valence-electron chi connectivity index (χ4n) is 1.46. The van der Waals surface area contributed by atoms with Crippen molar-refractivity contribution in [2.45, 2.75) is 26.3 Å². The summed E-state index contributed by atoms with van der Waals surface area (Å²) in [5, 5.41) is 2.78. The van der Waals surface area contributed by atoms with Crippen LogP contribution in [0.15, 0.2) is 12.4 Å². The zero-order valence-corrected chi connectivity index (χ0v) is 10.1. The highest BCUT2D eigenvalue weighted by Crippen LogP contribution is 2.10. The summed E-state index contributed by atoms with van der Waals surface area (Å²) in [5.74, 6) is 1.24. The number of carbonyl (C=O) groups is 1. The average molecular weight is 225 g/mol. The third kappa shape index (κ3) is 3.66. The lowest BCUT2D eigenvalue weighted by Gasteiger charge is -2.10. The molecule has 90 valence electrons. The molecule has 5 heteroatoms. The van der Waals surface area contributed by atoms with Crippen LogP contribution in [0.1, 0.15) is 25.6 Å². The van der Waals surface area contributed by atoms with Crippen LogP contribution in [0, 0.1) is 0 Å². The fraction of sp³-hybridized carbons (Fsp3) is 0.636.